The van der Waals surface area contributed by atoms with Gasteiger partial charge in [0.1, 0.15) is 5.82 Å². The first-order valence-electron chi connectivity index (χ1n) is 9.83. The van der Waals surface area contributed by atoms with Crippen LogP contribution in [0.25, 0.3) is 5.65 Å². The summed E-state index contributed by atoms with van der Waals surface area (Å²) >= 11 is 0. The van der Waals surface area contributed by atoms with Crippen LogP contribution in [0.1, 0.15) is 42.6 Å². The summed E-state index contributed by atoms with van der Waals surface area (Å²) in [6, 6.07) is 9.52. The molecule has 1 aromatic carbocycles. The van der Waals surface area contributed by atoms with Gasteiger partial charge in [0.15, 0.2) is 17.1 Å². The predicted octanol–water partition coefficient (Wildman–Crippen LogP) is 3.10. The highest BCUT2D eigenvalue weighted by Gasteiger charge is 2.24. The summed E-state index contributed by atoms with van der Waals surface area (Å²) in [7, 11) is 0. The second-order valence-corrected chi connectivity index (χ2v) is 7.47. The Morgan fingerprint density at radius 3 is 2.96 bits per heavy atom. The highest BCUT2D eigenvalue weighted by Crippen LogP contribution is 2.30. The predicted molar refractivity (Wildman–Crippen MR) is 109 cm³/mol. The molecule has 1 fully saturated rings. The summed E-state index contributed by atoms with van der Waals surface area (Å²) in [5, 5.41) is 14.3. The Morgan fingerprint density at radius 1 is 1.29 bits per heavy atom. The topological polar surface area (TPSA) is 88.9 Å². The van der Waals surface area contributed by atoms with E-state index < -0.39 is 0 Å². The molecule has 28 heavy (non-hydrogen) atoms. The van der Waals surface area contributed by atoms with Crippen LogP contribution in [0.2, 0.25) is 0 Å². The van der Waals surface area contributed by atoms with Crippen molar-refractivity contribution >= 4 is 11.5 Å². The third-order valence-corrected chi connectivity index (χ3v) is 5.25. The molecule has 4 rings (SSSR count). The number of rotatable bonds is 5. The second kappa shape index (κ2) is 7.67. The zero-order valence-electron chi connectivity index (χ0n) is 16.4. The number of piperidine rings is 1. The maximum Gasteiger partial charge on any atom is 0.161 e. The number of hydrogen-bond donors (Lipinski definition) is 2. The molecule has 1 aliphatic heterocycles. The van der Waals surface area contributed by atoms with Crippen LogP contribution in [0.3, 0.4) is 0 Å². The Hall–Kier alpha value is -2.80. The summed E-state index contributed by atoms with van der Waals surface area (Å²) < 4.78 is 7.21. The Balaban J connectivity index is 1.51. The van der Waals surface area contributed by atoms with Crippen molar-refractivity contribution in [2.24, 2.45) is 0 Å². The summed E-state index contributed by atoms with van der Waals surface area (Å²) in [4.78, 5) is 7.24. The Morgan fingerprint density at radius 2 is 2.14 bits per heavy atom. The molecule has 0 spiro atoms. The van der Waals surface area contributed by atoms with E-state index in [0.29, 0.717) is 24.1 Å². The first-order chi connectivity index (χ1) is 13.5. The monoisotopic (exact) mass is 381 g/mol. The average Bonchev–Trinajstić information content (AvgIpc) is 3.06. The molecule has 1 unspecified atom stereocenters. The fourth-order valence-electron chi connectivity index (χ4n) is 3.97. The smallest absolute Gasteiger partial charge is 0.161 e. The first-order valence-corrected chi connectivity index (χ1v) is 9.83. The zero-order chi connectivity index (χ0) is 19.7. The minimum absolute atomic E-state index is 0.186. The molecule has 148 valence electrons. The van der Waals surface area contributed by atoms with Gasteiger partial charge in [0, 0.05) is 31.1 Å². The summed E-state index contributed by atoms with van der Waals surface area (Å²) in [5.74, 6) is 1.71. The van der Waals surface area contributed by atoms with Gasteiger partial charge >= 0.3 is 0 Å². The van der Waals surface area contributed by atoms with Gasteiger partial charge in [-0.15, -0.1) is 0 Å². The average molecular weight is 381 g/mol. The molecule has 0 radical (unpaired) electrons. The molecule has 2 aromatic heterocycles. The van der Waals surface area contributed by atoms with Crippen LogP contribution in [-0.4, -0.2) is 44.3 Å². The van der Waals surface area contributed by atoms with Crippen LogP contribution in [0.5, 0.6) is 11.5 Å². The van der Waals surface area contributed by atoms with Gasteiger partial charge in [-0.05, 0) is 50.9 Å². The number of ether oxygens (including phenoxy) is 1. The number of phenols is 1. The van der Waals surface area contributed by atoms with Gasteiger partial charge in [-0.3, -0.25) is 4.90 Å². The number of benzene rings is 1. The molecule has 3 N–H and O–H groups in total. The van der Waals surface area contributed by atoms with Crippen molar-refractivity contribution in [2.75, 3.05) is 25.4 Å². The quantitative estimate of drug-likeness (QED) is 0.706. The van der Waals surface area contributed by atoms with Crippen LogP contribution in [0.4, 0.5) is 5.82 Å². The lowest BCUT2D eigenvalue weighted by molar-refractivity contribution is 0.198. The van der Waals surface area contributed by atoms with Gasteiger partial charge in [0.05, 0.1) is 18.0 Å². The Bertz CT molecular complexity index is 984. The van der Waals surface area contributed by atoms with Gasteiger partial charge in [-0.2, -0.15) is 9.61 Å². The van der Waals surface area contributed by atoms with E-state index in [0.717, 1.165) is 55.1 Å². The van der Waals surface area contributed by atoms with Crippen LogP contribution in [0.15, 0.2) is 30.3 Å². The zero-order valence-corrected chi connectivity index (χ0v) is 16.4. The minimum atomic E-state index is 0.186. The summed E-state index contributed by atoms with van der Waals surface area (Å²) in [6.45, 7) is 7.20. The van der Waals surface area contributed by atoms with E-state index in [9.17, 15) is 5.11 Å². The van der Waals surface area contributed by atoms with Crippen LogP contribution in [-0.2, 0) is 6.54 Å². The van der Waals surface area contributed by atoms with E-state index >= 15 is 0 Å². The number of nitrogens with zero attached hydrogens (tertiary/aromatic N) is 4. The van der Waals surface area contributed by atoms with Crippen LogP contribution < -0.4 is 10.5 Å². The van der Waals surface area contributed by atoms with Crippen molar-refractivity contribution in [1.29, 1.82) is 0 Å². The molecule has 1 atom stereocenters. The van der Waals surface area contributed by atoms with Crippen molar-refractivity contribution in [3.8, 4) is 11.5 Å². The number of likely N-dealkylation sites (tertiary alicyclic amines) is 1. The van der Waals surface area contributed by atoms with E-state index in [2.05, 4.69) is 10.00 Å². The Kier molecular flexibility index (Phi) is 5.09. The fourth-order valence-corrected chi connectivity index (χ4v) is 3.97. The number of nitrogens with two attached hydrogens (primary N) is 1. The van der Waals surface area contributed by atoms with E-state index in [4.69, 9.17) is 15.5 Å². The SMILES string of the molecule is CCOc1cc(CN2CCCC(c3cc(N)n4nc(C)cc4n3)C2)ccc1O. The molecule has 0 amide bonds. The van der Waals surface area contributed by atoms with E-state index in [1.165, 1.54) is 0 Å². The van der Waals surface area contributed by atoms with Gasteiger partial charge in [0.25, 0.3) is 0 Å². The second-order valence-electron chi connectivity index (χ2n) is 7.47. The number of hydrogen-bond acceptors (Lipinski definition) is 6. The highest BCUT2D eigenvalue weighted by atomic mass is 16.5. The number of fused-ring (bicyclic) bond motifs is 1. The number of aryl methyl sites for hydroxylation is 1. The maximum absolute atomic E-state index is 9.91. The van der Waals surface area contributed by atoms with E-state index in [1.807, 2.05) is 38.1 Å². The van der Waals surface area contributed by atoms with Crippen molar-refractivity contribution in [3.05, 3.63) is 47.3 Å². The van der Waals surface area contributed by atoms with Gasteiger partial charge in [-0.1, -0.05) is 6.07 Å². The van der Waals surface area contributed by atoms with Crippen molar-refractivity contribution in [3.63, 3.8) is 0 Å². The third kappa shape index (κ3) is 3.75. The number of aromatic hydroxyl groups is 1. The molecular formula is C21H27N5O2. The lowest BCUT2D eigenvalue weighted by atomic mass is 9.94. The fraction of sp³-hybridized carbons (Fsp3) is 0.429. The van der Waals surface area contributed by atoms with Crippen molar-refractivity contribution in [1.82, 2.24) is 19.5 Å². The largest absolute Gasteiger partial charge is 0.504 e. The molecule has 3 aromatic rings. The van der Waals surface area contributed by atoms with Gasteiger partial charge in [-0.25, -0.2) is 4.98 Å². The van der Waals surface area contributed by atoms with Gasteiger partial charge in [0.2, 0.25) is 0 Å². The molecule has 0 aliphatic carbocycles. The van der Waals surface area contributed by atoms with E-state index in [-0.39, 0.29) is 5.75 Å². The molecule has 1 aliphatic rings. The molecule has 7 nitrogen and oxygen atoms in total. The molecule has 0 saturated carbocycles. The Labute approximate surface area is 164 Å². The first kappa shape index (κ1) is 18.6. The third-order valence-electron chi connectivity index (χ3n) is 5.25. The standard InChI is InChI=1S/C21H27N5O2/c1-3-28-19-10-15(6-7-18(19)27)12-25-8-4-5-16(13-25)17-11-20(22)26-21(23-17)9-14(2)24-26/h6-7,9-11,16,27H,3-5,8,12-13,22H2,1-2H3. The molecule has 7 heteroatoms. The van der Waals surface area contributed by atoms with Crippen LogP contribution in [0, 0.1) is 6.92 Å². The molecular weight excluding hydrogens is 354 g/mol. The van der Waals surface area contributed by atoms with Crippen molar-refractivity contribution < 1.29 is 9.84 Å². The lowest BCUT2D eigenvalue weighted by Gasteiger charge is -2.32. The van der Waals surface area contributed by atoms with E-state index in [1.54, 1.807) is 10.6 Å². The highest BCUT2D eigenvalue weighted by molar-refractivity contribution is 5.48. The normalized spacial score (nSPS) is 17.9. The number of aromatic nitrogens is 3. The minimum Gasteiger partial charge on any atom is -0.504 e. The maximum atomic E-state index is 9.91. The summed E-state index contributed by atoms with van der Waals surface area (Å²) in [6.07, 6.45) is 2.22. The molecule has 0 bridgehead atoms. The summed E-state index contributed by atoms with van der Waals surface area (Å²) in [5.41, 5.74) is 10.1. The lowest BCUT2D eigenvalue weighted by Crippen LogP contribution is -2.34. The van der Waals surface area contributed by atoms with Crippen LogP contribution >= 0.6 is 0 Å². The van der Waals surface area contributed by atoms with Crippen molar-refractivity contribution in [2.45, 2.75) is 39.2 Å². The molecule has 1 saturated heterocycles. The number of nitrogen functional groups attached to an aromatic ring is 1. The number of anilines is 1. The van der Waals surface area contributed by atoms with Gasteiger partial charge < -0.3 is 15.6 Å². The number of phenolic OH excluding ortho intramolecular Hbond substituents is 1. The molecule has 3 heterocycles.